The summed E-state index contributed by atoms with van der Waals surface area (Å²) in [5.41, 5.74) is 2.55. The first-order valence-electron chi connectivity index (χ1n) is 6.52. The van der Waals surface area contributed by atoms with Gasteiger partial charge < -0.3 is 10.3 Å². The van der Waals surface area contributed by atoms with Crippen molar-refractivity contribution < 1.29 is 0 Å². The molecule has 100 valence electrons. The zero-order valence-corrected chi connectivity index (χ0v) is 11.1. The molecule has 0 saturated carbocycles. The van der Waals surface area contributed by atoms with Gasteiger partial charge >= 0.3 is 0 Å². The van der Waals surface area contributed by atoms with Crippen LogP contribution >= 0.6 is 0 Å². The molecule has 1 atom stereocenters. The van der Waals surface area contributed by atoms with E-state index in [0.29, 0.717) is 11.9 Å². The summed E-state index contributed by atoms with van der Waals surface area (Å²) in [7, 11) is 0. The number of nitrogen functional groups attached to an aromatic ring is 1. The lowest BCUT2D eigenvalue weighted by Crippen LogP contribution is -2.49. The summed E-state index contributed by atoms with van der Waals surface area (Å²) < 4.78 is 0. The van der Waals surface area contributed by atoms with E-state index < -0.39 is 0 Å². The van der Waals surface area contributed by atoms with E-state index in [9.17, 15) is 0 Å². The lowest BCUT2D eigenvalue weighted by atomic mass is 10.2. The highest BCUT2D eigenvalue weighted by atomic mass is 15.3. The molecule has 0 amide bonds. The molecule has 2 rings (SSSR count). The molecule has 0 spiro atoms. The molecule has 1 aliphatic rings. The van der Waals surface area contributed by atoms with Crippen LogP contribution in [0.1, 0.15) is 20.3 Å². The summed E-state index contributed by atoms with van der Waals surface area (Å²) in [5, 5.41) is 0. The van der Waals surface area contributed by atoms with Crippen LogP contribution in [0.25, 0.3) is 0 Å². The molecule has 1 aliphatic heterocycles. The smallest absolute Gasteiger partial charge is 0.145 e. The Balaban J connectivity index is 1.96. The highest BCUT2D eigenvalue weighted by Crippen LogP contribution is 2.17. The van der Waals surface area contributed by atoms with Crippen LogP contribution in [-0.4, -0.2) is 47.1 Å². The maximum absolute atomic E-state index is 5.36. The van der Waals surface area contributed by atoms with Gasteiger partial charge in [-0.25, -0.2) is 15.8 Å². The summed E-state index contributed by atoms with van der Waals surface area (Å²) in [6.45, 7) is 8.71. The molecule has 0 radical (unpaired) electrons. The Bertz CT molecular complexity index is 375. The van der Waals surface area contributed by atoms with Gasteiger partial charge in [-0.2, -0.15) is 0 Å². The first-order chi connectivity index (χ1) is 8.74. The van der Waals surface area contributed by atoms with Crippen LogP contribution < -0.4 is 16.2 Å². The molecule has 1 saturated heterocycles. The first kappa shape index (κ1) is 13.0. The SMILES string of the molecule is CCC(C)N1CCN(c2cc(NN)ncn2)CC1. The monoisotopic (exact) mass is 250 g/mol. The Morgan fingerprint density at radius 1 is 1.33 bits per heavy atom. The van der Waals surface area contributed by atoms with Gasteiger partial charge in [-0.1, -0.05) is 6.92 Å². The minimum Gasteiger partial charge on any atom is -0.354 e. The Morgan fingerprint density at radius 3 is 2.67 bits per heavy atom. The number of nitrogens with one attached hydrogen (secondary N) is 1. The van der Waals surface area contributed by atoms with Gasteiger partial charge in [0.05, 0.1) is 0 Å². The maximum Gasteiger partial charge on any atom is 0.145 e. The normalized spacial score (nSPS) is 18.7. The molecular weight excluding hydrogens is 228 g/mol. The van der Waals surface area contributed by atoms with Gasteiger partial charge in [0.1, 0.15) is 18.0 Å². The number of hydrogen-bond acceptors (Lipinski definition) is 6. The van der Waals surface area contributed by atoms with Crippen molar-refractivity contribution in [3.63, 3.8) is 0 Å². The predicted molar refractivity (Wildman–Crippen MR) is 73.4 cm³/mol. The third kappa shape index (κ3) is 2.88. The molecule has 1 aromatic heterocycles. The number of piperazine rings is 1. The van der Waals surface area contributed by atoms with E-state index in [0.717, 1.165) is 32.0 Å². The number of nitrogens with zero attached hydrogens (tertiary/aromatic N) is 4. The van der Waals surface area contributed by atoms with Crippen molar-refractivity contribution in [3.8, 4) is 0 Å². The van der Waals surface area contributed by atoms with Crippen LogP contribution in [-0.2, 0) is 0 Å². The van der Waals surface area contributed by atoms with E-state index in [2.05, 4.69) is 39.0 Å². The fraction of sp³-hybridized carbons (Fsp3) is 0.667. The van der Waals surface area contributed by atoms with Crippen molar-refractivity contribution in [1.82, 2.24) is 14.9 Å². The zero-order valence-electron chi connectivity index (χ0n) is 11.1. The number of anilines is 2. The molecule has 6 nitrogen and oxygen atoms in total. The van der Waals surface area contributed by atoms with Gasteiger partial charge in [0, 0.05) is 38.3 Å². The van der Waals surface area contributed by atoms with Crippen molar-refractivity contribution in [1.29, 1.82) is 0 Å². The van der Waals surface area contributed by atoms with Gasteiger partial charge in [0.15, 0.2) is 0 Å². The Labute approximate surface area is 108 Å². The van der Waals surface area contributed by atoms with Gasteiger partial charge in [-0.3, -0.25) is 4.90 Å². The minimum absolute atomic E-state index is 0.657. The number of nitrogens with two attached hydrogens (primary N) is 1. The highest BCUT2D eigenvalue weighted by Gasteiger charge is 2.20. The van der Waals surface area contributed by atoms with Crippen molar-refractivity contribution in [2.75, 3.05) is 36.5 Å². The third-order valence-corrected chi connectivity index (χ3v) is 3.65. The van der Waals surface area contributed by atoms with Crippen molar-refractivity contribution in [2.45, 2.75) is 26.3 Å². The van der Waals surface area contributed by atoms with E-state index in [1.165, 1.54) is 6.42 Å². The van der Waals surface area contributed by atoms with Crippen LogP contribution in [0.5, 0.6) is 0 Å². The average Bonchev–Trinajstić information content (AvgIpc) is 2.46. The number of aromatic nitrogens is 2. The fourth-order valence-corrected chi connectivity index (χ4v) is 2.25. The molecule has 0 bridgehead atoms. The molecule has 2 heterocycles. The predicted octanol–water partition coefficient (Wildman–Crippen LogP) is 0.683. The summed E-state index contributed by atoms with van der Waals surface area (Å²) in [4.78, 5) is 13.1. The largest absolute Gasteiger partial charge is 0.354 e. The van der Waals surface area contributed by atoms with Crippen LogP contribution in [0, 0.1) is 0 Å². The second kappa shape index (κ2) is 5.97. The summed E-state index contributed by atoms with van der Waals surface area (Å²) in [6.07, 6.45) is 2.75. The lowest BCUT2D eigenvalue weighted by molar-refractivity contribution is 0.192. The van der Waals surface area contributed by atoms with Crippen molar-refractivity contribution in [3.05, 3.63) is 12.4 Å². The van der Waals surface area contributed by atoms with Gasteiger partial charge in [0.2, 0.25) is 0 Å². The fourth-order valence-electron chi connectivity index (χ4n) is 2.25. The molecular formula is C12H22N6. The Kier molecular flexibility index (Phi) is 4.33. The van der Waals surface area contributed by atoms with Crippen LogP contribution in [0.4, 0.5) is 11.6 Å². The molecule has 6 heteroatoms. The van der Waals surface area contributed by atoms with Crippen molar-refractivity contribution in [2.24, 2.45) is 5.84 Å². The zero-order chi connectivity index (χ0) is 13.0. The summed E-state index contributed by atoms with van der Waals surface area (Å²) in [6, 6.07) is 2.55. The first-order valence-corrected chi connectivity index (χ1v) is 6.52. The Morgan fingerprint density at radius 2 is 2.06 bits per heavy atom. The summed E-state index contributed by atoms with van der Waals surface area (Å²) in [5.74, 6) is 6.96. The maximum atomic E-state index is 5.36. The van der Waals surface area contributed by atoms with Crippen LogP contribution in [0.3, 0.4) is 0 Å². The van der Waals surface area contributed by atoms with E-state index in [1.54, 1.807) is 6.33 Å². The van der Waals surface area contributed by atoms with Crippen molar-refractivity contribution >= 4 is 11.6 Å². The van der Waals surface area contributed by atoms with E-state index in [-0.39, 0.29) is 0 Å². The minimum atomic E-state index is 0.657. The molecule has 18 heavy (non-hydrogen) atoms. The molecule has 0 aromatic carbocycles. The number of hydrazine groups is 1. The van der Waals surface area contributed by atoms with Crippen LogP contribution in [0.15, 0.2) is 12.4 Å². The molecule has 3 N–H and O–H groups in total. The Hall–Kier alpha value is -1.40. The second-order valence-electron chi connectivity index (χ2n) is 4.69. The average molecular weight is 250 g/mol. The summed E-state index contributed by atoms with van der Waals surface area (Å²) >= 11 is 0. The number of rotatable bonds is 4. The second-order valence-corrected chi connectivity index (χ2v) is 4.69. The van der Waals surface area contributed by atoms with E-state index >= 15 is 0 Å². The lowest BCUT2D eigenvalue weighted by Gasteiger charge is -2.38. The number of hydrogen-bond donors (Lipinski definition) is 2. The molecule has 1 unspecified atom stereocenters. The molecule has 1 fully saturated rings. The van der Waals surface area contributed by atoms with E-state index in [1.807, 2.05) is 6.07 Å². The molecule has 0 aliphatic carbocycles. The van der Waals surface area contributed by atoms with Gasteiger partial charge in [-0.05, 0) is 13.3 Å². The van der Waals surface area contributed by atoms with Gasteiger partial charge in [-0.15, -0.1) is 0 Å². The standard InChI is InChI=1S/C12H22N6/c1-3-10(2)17-4-6-18(7-5-17)12-8-11(16-13)14-9-15-12/h8-10H,3-7,13H2,1-2H3,(H,14,15,16). The quantitative estimate of drug-likeness (QED) is 0.605. The van der Waals surface area contributed by atoms with Gasteiger partial charge in [0.25, 0.3) is 0 Å². The topological polar surface area (TPSA) is 70.3 Å². The van der Waals surface area contributed by atoms with E-state index in [4.69, 9.17) is 5.84 Å². The third-order valence-electron chi connectivity index (χ3n) is 3.65. The van der Waals surface area contributed by atoms with Crippen LogP contribution in [0.2, 0.25) is 0 Å². The molecule has 1 aromatic rings. The highest BCUT2D eigenvalue weighted by molar-refractivity contribution is 5.48.